The lowest BCUT2D eigenvalue weighted by atomic mass is 10.1. The summed E-state index contributed by atoms with van der Waals surface area (Å²) in [5, 5.41) is 3.85. The van der Waals surface area contributed by atoms with E-state index in [1.165, 1.54) is 35.2 Å². The van der Waals surface area contributed by atoms with E-state index in [-0.39, 0.29) is 5.69 Å². The minimum Gasteiger partial charge on any atom is -0.325 e. The molecule has 1 heterocycles. The highest BCUT2D eigenvalue weighted by atomic mass is 32.2. The summed E-state index contributed by atoms with van der Waals surface area (Å²) < 4.78 is 39.4. The van der Waals surface area contributed by atoms with Crippen molar-refractivity contribution in [3.05, 3.63) is 76.8 Å². The van der Waals surface area contributed by atoms with Gasteiger partial charge in [-0.15, -0.1) is 11.3 Å². The maximum absolute atomic E-state index is 12.9. The molecule has 3 aromatic rings. The quantitative estimate of drug-likeness (QED) is 0.531. The van der Waals surface area contributed by atoms with Crippen LogP contribution in [0.4, 0.5) is 18.9 Å². The van der Waals surface area contributed by atoms with Gasteiger partial charge in [0.2, 0.25) is 5.91 Å². The average Bonchev–Trinajstić information content (AvgIpc) is 3.05. The van der Waals surface area contributed by atoms with Gasteiger partial charge in [-0.05, 0) is 30.7 Å². The lowest BCUT2D eigenvalue weighted by Gasteiger charge is -2.16. The molecule has 0 saturated heterocycles. The molecule has 0 fully saturated rings. The van der Waals surface area contributed by atoms with Crippen LogP contribution in [0.25, 0.3) is 0 Å². The van der Waals surface area contributed by atoms with Crippen LogP contribution in [0.2, 0.25) is 0 Å². The average molecular weight is 408 g/mol. The van der Waals surface area contributed by atoms with Gasteiger partial charge in [-0.2, -0.15) is 13.2 Å². The number of aryl methyl sites for hydroxylation is 1. The van der Waals surface area contributed by atoms with Crippen molar-refractivity contribution in [1.82, 2.24) is 4.98 Å². The van der Waals surface area contributed by atoms with Gasteiger partial charge in [0, 0.05) is 16.8 Å². The maximum atomic E-state index is 12.9. The Morgan fingerprint density at radius 1 is 1.15 bits per heavy atom. The summed E-state index contributed by atoms with van der Waals surface area (Å²) in [5.74, 6) is -0.404. The number of carbonyl (C=O) groups excluding carboxylic acids is 1. The van der Waals surface area contributed by atoms with E-state index in [1.54, 1.807) is 0 Å². The number of hydrogen-bond donors (Lipinski definition) is 1. The molecule has 0 spiro atoms. The van der Waals surface area contributed by atoms with E-state index < -0.39 is 22.9 Å². The number of anilines is 1. The first-order chi connectivity index (χ1) is 12.8. The van der Waals surface area contributed by atoms with Crippen LogP contribution in [-0.2, 0) is 11.0 Å². The number of amides is 1. The molecule has 140 valence electrons. The predicted molar refractivity (Wildman–Crippen MR) is 102 cm³/mol. The van der Waals surface area contributed by atoms with Crippen molar-refractivity contribution in [3.8, 4) is 0 Å². The number of aromatic nitrogens is 1. The summed E-state index contributed by atoms with van der Waals surface area (Å²) in [4.78, 5) is 17.2. The molecule has 0 radical (unpaired) electrons. The Bertz CT molecular complexity index is 926. The van der Waals surface area contributed by atoms with E-state index in [4.69, 9.17) is 0 Å². The van der Waals surface area contributed by atoms with Gasteiger partial charge in [0.05, 0.1) is 5.56 Å². The molecule has 1 atom stereocenters. The highest BCUT2D eigenvalue weighted by Gasteiger charge is 2.31. The monoisotopic (exact) mass is 408 g/mol. The van der Waals surface area contributed by atoms with Gasteiger partial charge in [0.25, 0.3) is 0 Å². The number of nitrogens with zero attached hydrogens (tertiary/aromatic N) is 1. The SMILES string of the molecule is Cc1csc(SC(C(=O)Nc2cccc(C(F)(F)F)c2)c2ccccc2)n1. The molecular weight excluding hydrogens is 393 g/mol. The minimum atomic E-state index is -4.47. The molecule has 3 nitrogen and oxygen atoms in total. The number of halogens is 3. The summed E-state index contributed by atoms with van der Waals surface area (Å²) in [5.41, 5.74) is 0.902. The first-order valence-corrected chi connectivity index (χ1v) is 9.71. The van der Waals surface area contributed by atoms with E-state index in [2.05, 4.69) is 10.3 Å². The zero-order valence-corrected chi connectivity index (χ0v) is 15.8. The van der Waals surface area contributed by atoms with Crippen molar-refractivity contribution in [2.45, 2.75) is 22.7 Å². The standard InChI is InChI=1S/C19H15F3N2OS2/c1-12-11-26-18(23-12)27-16(13-6-3-2-4-7-13)17(25)24-15-9-5-8-14(10-15)19(20,21)22/h2-11,16H,1H3,(H,24,25). The first-order valence-electron chi connectivity index (χ1n) is 7.95. The number of rotatable bonds is 5. The Kier molecular flexibility index (Phi) is 5.86. The molecule has 3 rings (SSSR count). The lowest BCUT2D eigenvalue weighted by Crippen LogP contribution is -2.19. The molecule has 2 aromatic carbocycles. The third-order valence-corrected chi connectivity index (χ3v) is 5.96. The number of alkyl halides is 3. The molecular formula is C19H15F3N2OS2. The number of thiazole rings is 1. The molecule has 0 saturated carbocycles. The summed E-state index contributed by atoms with van der Waals surface area (Å²) >= 11 is 2.70. The van der Waals surface area contributed by atoms with E-state index in [9.17, 15) is 18.0 Å². The van der Waals surface area contributed by atoms with Gasteiger partial charge in [-0.1, -0.05) is 48.2 Å². The van der Waals surface area contributed by atoms with Gasteiger partial charge in [-0.25, -0.2) is 4.98 Å². The van der Waals surface area contributed by atoms with Crippen molar-refractivity contribution in [3.63, 3.8) is 0 Å². The summed E-state index contributed by atoms with van der Waals surface area (Å²) in [6.07, 6.45) is -4.47. The van der Waals surface area contributed by atoms with Gasteiger partial charge in [0.15, 0.2) is 4.34 Å². The number of hydrogen-bond acceptors (Lipinski definition) is 4. The topological polar surface area (TPSA) is 42.0 Å². The number of carbonyl (C=O) groups is 1. The molecule has 0 aliphatic rings. The highest BCUT2D eigenvalue weighted by molar-refractivity contribution is 8.01. The van der Waals surface area contributed by atoms with Crippen molar-refractivity contribution < 1.29 is 18.0 Å². The van der Waals surface area contributed by atoms with E-state index in [1.807, 2.05) is 42.6 Å². The van der Waals surface area contributed by atoms with Crippen molar-refractivity contribution in [2.24, 2.45) is 0 Å². The summed E-state index contributed by atoms with van der Waals surface area (Å²) in [6.45, 7) is 1.86. The molecule has 1 unspecified atom stereocenters. The van der Waals surface area contributed by atoms with Crippen molar-refractivity contribution >= 4 is 34.7 Å². The van der Waals surface area contributed by atoms with Crippen LogP contribution < -0.4 is 5.32 Å². The van der Waals surface area contributed by atoms with Gasteiger partial charge < -0.3 is 5.32 Å². The van der Waals surface area contributed by atoms with E-state index in [0.29, 0.717) is 0 Å². The van der Waals surface area contributed by atoms with E-state index in [0.717, 1.165) is 27.7 Å². The van der Waals surface area contributed by atoms with Crippen LogP contribution in [0.15, 0.2) is 64.3 Å². The zero-order valence-electron chi connectivity index (χ0n) is 14.2. The van der Waals surface area contributed by atoms with Crippen LogP contribution >= 0.6 is 23.1 Å². The smallest absolute Gasteiger partial charge is 0.325 e. The normalized spacial score (nSPS) is 12.6. The molecule has 0 bridgehead atoms. The van der Waals surface area contributed by atoms with Crippen LogP contribution in [0.3, 0.4) is 0 Å². The highest BCUT2D eigenvalue weighted by Crippen LogP contribution is 2.38. The molecule has 1 aromatic heterocycles. The lowest BCUT2D eigenvalue weighted by molar-refractivity contribution is -0.137. The molecule has 1 N–H and O–H groups in total. The molecule has 27 heavy (non-hydrogen) atoms. The molecule has 0 aliphatic heterocycles. The fourth-order valence-corrected chi connectivity index (χ4v) is 4.40. The van der Waals surface area contributed by atoms with Gasteiger partial charge in [0.1, 0.15) is 5.25 Å². The summed E-state index contributed by atoms with van der Waals surface area (Å²) in [7, 11) is 0. The Labute approximate surface area is 162 Å². The predicted octanol–water partition coefficient (Wildman–Crippen LogP) is 5.94. The fourth-order valence-electron chi connectivity index (χ4n) is 2.37. The summed E-state index contributed by atoms with van der Waals surface area (Å²) in [6, 6.07) is 13.7. The Morgan fingerprint density at radius 3 is 2.52 bits per heavy atom. The Balaban J connectivity index is 1.85. The second-order valence-electron chi connectivity index (χ2n) is 5.73. The number of benzene rings is 2. The van der Waals surface area contributed by atoms with Crippen LogP contribution in [0, 0.1) is 6.92 Å². The van der Waals surface area contributed by atoms with Gasteiger partial charge in [-0.3, -0.25) is 4.79 Å². The third kappa shape index (κ3) is 5.11. The van der Waals surface area contributed by atoms with Gasteiger partial charge >= 0.3 is 6.18 Å². The van der Waals surface area contributed by atoms with Crippen molar-refractivity contribution in [2.75, 3.05) is 5.32 Å². The Morgan fingerprint density at radius 2 is 1.89 bits per heavy atom. The minimum absolute atomic E-state index is 0.103. The van der Waals surface area contributed by atoms with E-state index >= 15 is 0 Å². The number of thioether (sulfide) groups is 1. The van der Waals surface area contributed by atoms with Crippen LogP contribution in [-0.4, -0.2) is 10.9 Å². The largest absolute Gasteiger partial charge is 0.416 e. The zero-order chi connectivity index (χ0) is 19.4. The van der Waals surface area contributed by atoms with Crippen LogP contribution in [0.1, 0.15) is 22.1 Å². The maximum Gasteiger partial charge on any atom is 0.416 e. The Hall–Kier alpha value is -2.32. The van der Waals surface area contributed by atoms with Crippen molar-refractivity contribution in [1.29, 1.82) is 0 Å². The molecule has 8 heteroatoms. The van der Waals surface area contributed by atoms with Crippen LogP contribution in [0.5, 0.6) is 0 Å². The molecule has 0 aliphatic carbocycles. The molecule has 1 amide bonds. The fraction of sp³-hybridized carbons (Fsp3) is 0.158. The second-order valence-corrected chi connectivity index (χ2v) is 7.94. The third-order valence-electron chi connectivity index (χ3n) is 3.61. The number of nitrogens with one attached hydrogen (secondary N) is 1. The second kappa shape index (κ2) is 8.14. The first kappa shape index (κ1) is 19.4.